The molecule has 1 atom stereocenters. The maximum atomic E-state index is 16.2. The number of hydrogen-bond donors (Lipinski definition) is 0. The molecule has 0 N–H and O–H groups in total. The Balaban J connectivity index is 1.67. The zero-order valence-corrected chi connectivity index (χ0v) is 20.8. The maximum Gasteiger partial charge on any atom is 0.433 e. The maximum absolute atomic E-state index is 16.2. The topological polar surface area (TPSA) is 46.8 Å². The molecule has 9 heteroatoms. The molecule has 5 nitrogen and oxygen atoms in total. The Morgan fingerprint density at radius 3 is 2.43 bits per heavy atom. The van der Waals surface area contributed by atoms with Crippen molar-refractivity contribution in [2.24, 2.45) is 7.05 Å². The Morgan fingerprint density at radius 1 is 1.05 bits per heavy atom. The number of aryl methyl sites for hydroxylation is 2. The summed E-state index contributed by atoms with van der Waals surface area (Å²) in [6.07, 6.45) is 3.39. The van der Waals surface area contributed by atoms with Crippen molar-refractivity contribution in [3.05, 3.63) is 94.7 Å². The first kappa shape index (κ1) is 25.1. The molecular weight excluding hydrogens is 482 g/mol. The van der Waals surface area contributed by atoms with Gasteiger partial charge in [-0.1, -0.05) is 25.1 Å². The van der Waals surface area contributed by atoms with Gasteiger partial charge in [0.2, 0.25) is 0 Å². The zero-order valence-electron chi connectivity index (χ0n) is 20.8. The molecule has 0 amide bonds. The molecule has 0 saturated heterocycles. The quantitative estimate of drug-likeness (QED) is 0.311. The van der Waals surface area contributed by atoms with Gasteiger partial charge in [-0.05, 0) is 54.8 Å². The van der Waals surface area contributed by atoms with Crippen molar-refractivity contribution in [2.45, 2.75) is 31.9 Å². The summed E-state index contributed by atoms with van der Waals surface area (Å²) in [7, 11) is 3.85. The molecule has 192 valence electrons. The number of likely N-dealkylation sites (N-methyl/N-ethyl adjacent to an activating group) is 1. The Hall–Kier alpha value is -3.59. The Bertz CT molecular complexity index is 1470. The molecule has 1 unspecified atom stereocenters. The largest absolute Gasteiger partial charge is 0.433 e. The third-order valence-corrected chi connectivity index (χ3v) is 6.98. The van der Waals surface area contributed by atoms with Gasteiger partial charge in [0.25, 0.3) is 0 Å². The van der Waals surface area contributed by atoms with Gasteiger partial charge in [-0.25, -0.2) is 9.37 Å². The van der Waals surface area contributed by atoms with Crippen LogP contribution in [0.5, 0.6) is 0 Å². The Kier molecular flexibility index (Phi) is 6.58. The molecule has 0 saturated carbocycles. The van der Waals surface area contributed by atoms with Gasteiger partial charge in [-0.2, -0.15) is 13.2 Å². The van der Waals surface area contributed by atoms with Crippen LogP contribution in [0.4, 0.5) is 17.6 Å². The zero-order chi connectivity index (χ0) is 26.3. The summed E-state index contributed by atoms with van der Waals surface area (Å²) in [5.74, 6) is -0.809. The number of halogens is 4. The van der Waals surface area contributed by atoms with E-state index in [1.54, 1.807) is 29.2 Å². The van der Waals surface area contributed by atoms with Gasteiger partial charge in [-0.3, -0.25) is 9.97 Å². The van der Waals surface area contributed by atoms with Crippen LogP contribution >= 0.6 is 0 Å². The highest BCUT2D eigenvalue weighted by Crippen LogP contribution is 2.37. The molecule has 3 aromatic heterocycles. The number of benzene rings is 1. The van der Waals surface area contributed by atoms with Crippen LogP contribution in [0.1, 0.15) is 53.0 Å². The number of rotatable bonds is 5. The molecule has 0 radical (unpaired) electrons. The van der Waals surface area contributed by atoms with Gasteiger partial charge in [-0.15, -0.1) is 0 Å². The number of imidazole rings is 1. The van der Waals surface area contributed by atoms with Crippen molar-refractivity contribution >= 4 is 16.5 Å². The van der Waals surface area contributed by atoms with Crippen LogP contribution in [0.2, 0.25) is 0 Å². The van der Waals surface area contributed by atoms with E-state index in [-0.39, 0.29) is 5.82 Å². The fourth-order valence-corrected chi connectivity index (χ4v) is 4.97. The second kappa shape index (κ2) is 9.70. The number of pyridine rings is 2. The number of alkyl halides is 3. The van der Waals surface area contributed by atoms with Crippen LogP contribution in [0, 0.1) is 5.82 Å². The number of aromatic nitrogens is 4. The number of hydrogen-bond acceptors (Lipinski definition) is 4. The highest BCUT2D eigenvalue weighted by molar-refractivity contribution is 5.86. The van der Waals surface area contributed by atoms with Crippen molar-refractivity contribution in [2.75, 3.05) is 20.1 Å². The summed E-state index contributed by atoms with van der Waals surface area (Å²) in [5, 5.41) is 0.386. The monoisotopic (exact) mass is 509 g/mol. The number of nitrogens with zero attached hydrogens (tertiary/aromatic N) is 5. The van der Waals surface area contributed by atoms with Crippen LogP contribution < -0.4 is 0 Å². The summed E-state index contributed by atoms with van der Waals surface area (Å²) in [4.78, 5) is 14.8. The lowest BCUT2D eigenvalue weighted by Crippen LogP contribution is -2.24. The van der Waals surface area contributed by atoms with E-state index in [1.165, 1.54) is 12.3 Å². The van der Waals surface area contributed by atoms with E-state index in [0.29, 0.717) is 34.0 Å². The minimum absolute atomic E-state index is 0.311. The van der Waals surface area contributed by atoms with E-state index in [0.717, 1.165) is 42.5 Å². The number of fused-ring (bicyclic) bond motifs is 1. The van der Waals surface area contributed by atoms with Crippen molar-refractivity contribution in [3.63, 3.8) is 0 Å². The van der Waals surface area contributed by atoms with Gasteiger partial charge >= 0.3 is 6.18 Å². The minimum atomic E-state index is -4.53. The second-order valence-corrected chi connectivity index (χ2v) is 9.46. The lowest BCUT2D eigenvalue weighted by atomic mass is 9.87. The molecular formula is C28H27F4N5. The smallest absolute Gasteiger partial charge is 0.337 e. The molecule has 0 aliphatic carbocycles. The van der Waals surface area contributed by atoms with E-state index in [2.05, 4.69) is 20.9 Å². The first-order chi connectivity index (χ1) is 17.7. The normalized spacial score (nSPS) is 15.7. The predicted octanol–water partition coefficient (Wildman–Crippen LogP) is 5.98. The van der Waals surface area contributed by atoms with Crippen molar-refractivity contribution in [1.29, 1.82) is 0 Å². The molecule has 4 aromatic rings. The second-order valence-electron chi connectivity index (χ2n) is 9.46. The van der Waals surface area contributed by atoms with Gasteiger partial charge in [0.05, 0.1) is 23.5 Å². The standard InChI is InChI=1S/C28H27F4N5/c1-4-21-26(17-9-11-36(2)12-10-17)27(29)20-13-18(5-7-22(20)35-21)25(23-15-33-16-37(23)3)19-6-8-24(34-14-19)28(30,31)32/h5-9,13-16,25H,4,10-12H2,1-3H3. The van der Waals surface area contributed by atoms with Gasteiger partial charge < -0.3 is 9.47 Å². The molecule has 1 aliphatic rings. The first-order valence-electron chi connectivity index (χ1n) is 12.2. The third kappa shape index (κ3) is 4.75. The van der Waals surface area contributed by atoms with E-state index in [1.807, 2.05) is 27.1 Å². The minimum Gasteiger partial charge on any atom is -0.337 e. The summed E-state index contributed by atoms with van der Waals surface area (Å²) < 4.78 is 57.4. The van der Waals surface area contributed by atoms with Crippen LogP contribution in [0.25, 0.3) is 16.5 Å². The molecule has 1 aliphatic heterocycles. The molecule has 0 spiro atoms. The van der Waals surface area contributed by atoms with E-state index in [9.17, 15) is 13.2 Å². The highest BCUT2D eigenvalue weighted by atomic mass is 19.4. The van der Waals surface area contributed by atoms with E-state index in [4.69, 9.17) is 4.98 Å². The Labute approximate surface area is 212 Å². The molecule has 1 aromatic carbocycles. The average Bonchev–Trinajstić information content (AvgIpc) is 3.30. The SMILES string of the molecule is CCc1nc2ccc(C(c3ccc(C(F)(F)F)nc3)c3cncn3C)cc2c(F)c1C1=CCN(C)CC1. The van der Waals surface area contributed by atoms with E-state index >= 15 is 4.39 Å². The predicted molar refractivity (Wildman–Crippen MR) is 135 cm³/mol. The van der Waals surface area contributed by atoms with Crippen molar-refractivity contribution in [1.82, 2.24) is 24.4 Å². The van der Waals surface area contributed by atoms with Gasteiger partial charge in [0.1, 0.15) is 11.5 Å². The van der Waals surface area contributed by atoms with Crippen molar-refractivity contribution < 1.29 is 17.6 Å². The first-order valence-corrected chi connectivity index (χ1v) is 12.2. The lowest BCUT2D eigenvalue weighted by molar-refractivity contribution is -0.141. The van der Waals surface area contributed by atoms with Crippen LogP contribution in [-0.2, 0) is 19.6 Å². The van der Waals surface area contributed by atoms with Crippen molar-refractivity contribution in [3.8, 4) is 0 Å². The highest BCUT2D eigenvalue weighted by Gasteiger charge is 2.33. The molecule has 0 bridgehead atoms. The summed E-state index contributed by atoms with van der Waals surface area (Å²) in [5.41, 5.74) is 3.84. The van der Waals surface area contributed by atoms with Gasteiger partial charge in [0, 0.05) is 49.2 Å². The molecule has 5 rings (SSSR count). The molecule has 0 fully saturated rings. The summed E-state index contributed by atoms with van der Waals surface area (Å²) in [6.45, 7) is 3.56. The van der Waals surface area contributed by atoms with Gasteiger partial charge in [0.15, 0.2) is 0 Å². The molecule has 4 heterocycles. The lowest BCUT2D eigenvalue weighted by Gasteiger charge is -2.24. The fourth-order valence-electron chi connectivity index (χ4n) is 4.97. The summed E-state index contributed by atoms with van der Waals surface area (Å²) >= 11 is 0. The Morgan fingerprint density at radius 2 is 1.84 bits per heavy atom. The fraction of sp³-hybridized carbons (Fsp3) is 0.321. The van der Waals surface area contributed by atoms with Crippen LogP contribution in [-0.4, -0.2) is 44.6 Å². The molecule has 37 heavy (non-hydrogen) atoms. The van der Waals surface area contributed by atoms with Crippen LogP contribution in [0.15, 0.2) is 55.1 Å². The third-order valence-electron chi connectivity index (χ3n) is 6.98. The van der Waals surface area contributed by atoms with E-state index < -0.39 is 17.8 Å². The average molecular weight is 510 g/mol. The van der Waals surface area contributed by atoms with Crippen LogP contribution in [0.3, 0.4) is 0 Å². The summed E-state index contributed by atoms with van der Waals surface area (Å²) in [6, 6.07) is 7.77.